The van der Waals surface area contributed by atoms with Crippen LogP contribution in [0.5, 0.6) is 5.75 Å². The van der Waals surface area contributed by atoms with Crippen molar-refractivity contribution in [3.8, 4) is 5.75 Å². The third-order valence-electron chi connectivity index (χ3n) is 13.3. The van der Waals surface area contributed by atoms with Gasteiger partial charge in [0.15, 0.2) is 5.96 Å². The Bertz CT molecular complexity index is 3070. The molecule has 7 atom stereocenters. The molecule has 1 aliphatic heterocycles. The van der Waals surface area contributed by atoms with Gasteiger partial charge < -0.3 is 74.0 Å². The monoisotopic (exact) mass is 1050 g/mol. The molecule has 0 spiro atoms. The van der Waals surface area contributed by atoms with Crippen LogP contribution < -0.4 is 48.7 Å². The number of aromatic hydroxyl groups is 1. The summed E-state index contributed by atoms with van der Waals surface area (Å²) < 4.78 is 0. The lowest BCUT2D eigenvalue weighted by molar-refractivity contribution is -0.142. The molecule has 1 unspecified atom stereocenters. The molecular weight excluding hydrogens is 989 g/mol. The van der Waals surface area contributed by atoms with E-state index in [-0.39, 0.29) is 62.7 Å². The quantitative estimate of drug-likeness (QED) is 0.0208. The zero-order chi connectivity index (χ0) is 55.2. The summed E-state index contributed by atoms with van der Waals surface area (Å²) in [6.07, 6.45) is 3.71. The summed E-state index contributed by atoms with van der Waals surface area (Å²) in [4.78, 5) is 108. The van der Waals surface area contributed by atoms with E-state index in [1.165, 1.54) is 24.3 Å². The second-order valence-corrected chi connectivity index (χ2v) is 19.5. The van der Waals surface area contributed by atoms with Crippen molar-refractivity contribution in [1.82, 2.24) is 41.9 Å². The van der Waals surface area contributed by atoms with Crippen LogP contribution in [0.3, 0.4) is 0 Å². The number of aliphatic hydroxyl groups excluding tert-OH is 1. The minimum absolute atomic E-state index is 0.00664. The van der Waals surface area contributed by atoms with Crippen molar-refractivity contribution in [2.45, 2.75) is 101 Å². The number of guanidine groups is 1. The van der Waals surface area contributed by atoms with Crippen molar-refractivity contribution in [2.75, 3.05) is 18.5 Å². The molecule has 22 nitrogen and oxygen atoms in total. The predicted molar refractivity (Wildman–Crippen MR) is 289 cm³/mol. The van der Waals surface area contributed by atoms with E-state index in [0.717, 1.165) is 33.1 Å². The Hall–Kier alpha value is -8.92. The molecule has 6 aromatic rings. The van der Waals surface area contributed by atoms with E-state index in [2.05, 4.69) is 52.2 Å². The number of rotatable bonds is 26. The molecule has 0 bridgehead atoms. The number of phenolic OH excluding ortho intramolecular Hbond substituents is 1. The van der Waals surface area contributed by atoms with E-state index in [1.807, 2.05) is 80.6 Å². The maximum atomic E-state index is 14.8. The van der Waals surface area contributed by atoms with Gasteiger partial charge in [0.1, 0.15) is 48.0 Å². The number of para-hydroxylation sites is 3. The molecule has 406 valence electrons. The van der Waals surface area contributed by atoms with Crippen LogP contribution in [0.1, 0.15) is 55.4 Å². The Balaban J connectivity index is 1.12. The van der Waals surface area contributed by atoms with E-state index >= 15 is 0 Å². The average molecular weight is 1060 g/mol. The maximum Gasteiger partial charge on any atom is 0.326 e. The van der Waals surface area contributed by atoms with Gasteiger partial charge in [-0.15, -0.1) is 0 Å². The van der Waals surface area contributed by atoms with Crippen molar-refractivity contribution < 1.29 is 48.9 Å². The van der Waals surface area contributed by atoms with Crippen molar-refractivity contribution in [3.05, 3.63) is 132 Å². The van der Waals surface area contributed by atoms with Crippen LogP contribution in [-0.2, 0) is 59.2 Å². The first-order valence-electron chi connectivity index (χ1n) is 25.4. The SMILES string of the molecule is CC(C)C[C@H](NC(=O)[C@@H](Cc1c[nH]c2ccccc12)NC(=O)[C@H](Cc1ccc(O)cc1)NC(=O)[C@H](CO)NC(=O)[C@H](Cc1c[nH]c2ccccc12)NC(=O)C1Cc2ccccc2N1)C(=O)N[C@@H](CCCN=C(N)N)C(=O)O. The van der Waals surface area contributed by atoms with Crippen LogP contribution in [-0.4, -0.2) is 128 Å². The zero-order valence-corrected chi connectivity index (χ0v) is 42.7. The fraction of sp³-hybridized carbons (Fsp3) is 0.345. The molecule has 2 aromatic heterocycles. The molecule has 16 N–H and O–H groups in total. The molecule has 0 radical (unpaired) electrons. The Labute approximate surface area is 443 Å². The number of nitrogens with two attached hydrogens (primary N) is 2. The number of aromatic amines is 2. The number of aromatic nitrogens is 2. The summed E-state index contributed by atoms with van der Waals surface area (Å²) in [6.45, 7) is 2.82. The van der Waals surface area contributed by atoms with Crippen LogP contribution in [0.4, 0.5) is 5.69 Å². The van der Waals surface area contributed by atoms with Gasteiger partial charge in [-0.05, 0) is 77.8 Å². The number of nitrogens with zero attached hydrogens (tertiary/aromatic N) is 1. The summed E-state index contributed by atoms with van der Waals surface area (Å²) in [7, 11) is 0. The van der Waals surface area contributed by atoms with Gasteiger partial charge in [0.25, 0.3) is 0 Å². The topological polar surface area (TPSA) is 360 Å². The number of anilines is 1. The number of carboxylic acids is 1. The highest BCUT2D eigenvalue weighted by molar-refractivity contribution is 5.98. The van der Waals surface area contributed by atoms with E-state index in [1.54, 1.807) is 18.5 Å². The molecule has 1 aliphatic rings. The summed E-state index contributed by atoms with van der Waals surface area (Å²) in [5.74, 6) is -6.45. The fourth-order valence-electron chi connectivity index (χ4n) is 9.28. The molecule has 3 heterocycles. The number of carbonyl (C=O) groups is 7. The number of fused-ring (bicyclic) bond motifs is 3. The summed E-state index contributed by atoms with van der Waals surface area (Å²) in [6, 6.07) is 18.9. The van der Waals surface area contributed by atoms with Crippen LogP contribution in [0, 0.1) is 5.92 Å². The molecule has 0 fully saturated rings. The third-order valence-corrected chi connectivity index (χ3v) is 13.3. The predicted octanol–water partition coefficient (Wildman–Crippen LogP) is 1.50. The molecule has 6 amide bonds. The first-order valence-corrected chi connectivity index (χ1v) is 25.4. The first kappa shape index (κ1) is 55.8. The first-order chi connectivity index (χ1) is 37.0. The number of benzene rings is 4. The molecule has 0 saturated heterocycles. The lowest BCUT2D eigenvalue weighted by atomic mass is 9.99. The van der Waals surface area contributed by atoms with Crippen LogP contribution in [0.15, 0.2) is 114 Å². The number of carbonyl (C=O) groups excluding carboxylic acids is 6. The number of nitrogens with one attached hydrogen (secondary N) is 9. The second-order valence-electron chi connectivity index (χ2n) is 19.5. The minimum atomic E-state index is -1.66. The summed E-state index contributed by atoms with van der Waals surface area (Å²) >= 11 is 0. The average Bonchev–Trinajstić information content (AvgIpc) is 4.19. The Kier molecular flexibility index (Phi) is 18.9. The van der Waals surface area contributed by atoms with Gasteiger partial charge in [-0.1, -0.05) is 80.6 Å². The van der Waals surface area contributed by atoms with Crippen LogP contribution >= 0.6 is 0 Å². The standard InChI is InChI=1S/C55H66N12O10/c1-30(2)22-42(48(70)62-41(54(76)77)16-9-21-58-55(56)57)63-51(73)45(25-33-27-59-39-14-7-4-11-36(33)39)65-49(71)43(23-31-17-19-35(69)20-18-31)64-53(75)47(29-68)67-52(74)46(26-34-28-60-40-15-8-5-12-37(34)40)66-50(72)44-24-32-10-3-6-13-38(32)61-44/h3-8,10-15,17-20,27-28,30,41-47,59-61,68-69H,9,16,21-26,29H2,1-2H3,(H,62,70)(H,63,73)(H,64,75)(H,65,71)(H,66,72)(H,67,74)(H,76,77)(H4,56,57,58)/t41-,42-,43-,44?,45+,46-,47-/m0/s1. The molecule has 0 aliphatic carbocycles. The van der Waals surface area contributed by atoms with Gasteiger partial charge in [0, 0.05) is 72.1 Å². The maximum absolute atomic E-state index is 14.8. The van der Waals surface area contributed by atoms with E-state index < -0.39 is 90.3 Å². The van der Waals surface area contributed by atoms with Crippen molar-refractivity contribution in [1.29, 1.82) is 0 Å². The van der Waals surface area contributed by atoms with E-state index in [9.17, 15) is 48.9 Å². The normalized spacial score (nSPS) is 15.1. The number of hydrogen-bond donors (Lipinski definition) is 14. The third kappa shape index (κ3) is 15.1. The van der Waals surface area contributed by atoms with Crippen molar-refractivity contribution in [3.63, 3.8) is 0 Å². The highest BCUT2D eigenvalue weighted by Crippen LogP contribution is 2.26. The molecular formula is C55H66N12O10. The number of hydrogen-bond acceptors (Lipinski definition) is 11. The van der Waals surface area contributed by atoms with Crippen molar-refractivity contribution >= 4 is 74.9 Å². The van der Waals surface area contributed by atoms with Crippen LogP contribution in [0.25, 0.3) is 21.8 Å². The van der Waals surface area contributed by atoms with E-state index in [0.29, 0.717) is 23.1 Å². The highest BCUT2D eigenvalue weighted by Gasteiger charge is 2.36. The number of aliphatic carboxylic acids is 1. The smallest absolute Gasteiger partial charge is 0.326 e. The van der Waals surface area contributed by atoms with Gasteiger partial charge in [0.2, 0.25) is 35.4 Å². The number of phenols is 1. The van der Waals surface area contributed by atoms with Crippen molar-refractivity contribution in [2.24, 2.45) is 22.4 Å². The van der Waals surface area contributed by atoms with Gasteiger partial charge >= 0.3 is 5.97 Å². The molecule has 0 saturated carbocycles. The van der Waals surface area contributed by atoms with Gasteiger partial charge in [0.05, 0.1) is 6.61 Å². The highest BCUT2D eigenvalue weighted by atomic mass is 16.4. The van der Waals surface area contributed by atoms with Gasteiger partial charge in [-0.3, -0.25) is 33.8 Å². The number of H-pyrrole nitrogens is 2. The number of aliphatic imine (C=N–C) groups is 1. The lowest BCUT2D eigenvalue weighted by Crippen LogP contribution is -2.61. The van der Waals surface area contributed by atoms with Gasteiger partial charge in [-0.25, -0.2) is 4.79 Å². The van der Waals surface area contributed by atoms with Gasteiger partial charge in [-0.2, -0.15) is 0 Å². The number of amides is 6. The van der Waals surface area contributed by atoms with E-state index in [4.69, 9.17) is 11.5 Å². The fourth-order valence-corrected chi connectivity index (χ4v) is 9.28. The Morgan fingerprint density at radius 1 is 0.623 bits per heavy atom. The Morgan fingerprint density at radius 3 is 1.68 bits per heavy atom. The minimum Gasteiger partial charge on any atom is -0.508 e. The molecule has 77 heavy (non-hydrogen) atoms. The molecule has 22 heteroatoms. The summed E-state index contributed by atoms with van der Waals surface area (Å²) in [5, 5.41) is 51.6. The molecule has 7 rings (SSSR count). The molecule has 4 aromatic carbocycles. The second kappa shape index (κ2) is 26.0. The number of carboxylic acid groups (broad SMARTS) is 1. The van der Waals surface area contributed by atoms with Crippen LogP contribution in [0.2, 0.25) is 0 Å². The summed E-state index contributed by atoms with van der Waals surface area (Å²) in [5.41, 5.74) is 15.8. The Morgan fingerprint density at radius 2 is 1.12 bits per heavy atom. The lowest BCUT2D eigenvalue weighted by Gasteiger charge is -2.28. The zero-order valence-electron chi connectivity index (χ0n) is 42.7. The number of aliphatic hydroxyl groups is 1. The largest absolute Gasteiger partial charge is 0.508 e.